The first-order valence-corrected chi connectivity index (χ1v) is 9.53. The highest BCUT2D eigenvalue weighted by molar-refractivity contribution is 7.89. The number of morpholine rings is 1. The van der Waals surface area contributed by atoms with Gasteiger partial charge in [-0.25, -0.2) is 8.42 Å². The minimum absolute atomic E-state index is 0.135. The lowest BCUT2D eigenvalue weighted by atomic mass is 10.1. The molecule has 1 aromatic carbocycles. The molecule has 25 heavy (non-hydrogen) atoms. The number of hydrogen-bond donors (Lipinski definition) is 1. The maximum atomic E-state index is 12.6. The molecule has 0 bridgehead atoms. The van der Waals surface area contributed by atoms with E-state index in [0.29, 0.717) is 44.8 Å². The van der Waals surface area contributed by atoms with Crippen molar-refractivity contribution in [2.24, 2.45) is 5.92 Å². The summed E-state index contributed by atoms with van der Waals surface area (Å²) < 4.78 is 31.6. The van der Waals surface area contributed by atoms with Crippen molar-refractivity contribution in [3.05, 3.63) is 29.8 Å². The van der Waals surface area contributed by atoms with E-state index in [-0.39, 0.29) is 17.3 Å². The highest BCUT2D eigenvalue weighted by atomic mass is 32.2. The zero-order chi connectivity index (χ0) is 18.0. The third kappa shape index (κ3) is 3.68. The number of carboxylic acid groups (broad SMARTS) is 1. The minimum Gasteiger partial charge on any atom is -0.481 e. The van der Waals surface area contributed by atoms with Crippen molar-refractivity contribution in [1.29, 1.82) is 0 Å². The second kappa shape index (κ2) is 7.11. The Morgan fingerprint density at radius 1 is 1.08 bits per heavy atom. The van der Waals surface area contributed by atoms with Crippen molar-refractivity contribution in [3.63, 3.8) is 0 Å². The molecule has 1 atom stereocenters. The molecule has 0 saturated carbocycles. The lowest BCUT2D eigenvalue weighted by Crippen LogP contribution is -2.40. The van der Waals surface area contributed by atoms with Crippen LogP contribution in [0.3, 0.4) is 0 Å². The van der Waals surface area contributed by atoms with E-state index < -0.39 is 21.9 Å². The fraction of sp³-hybridized carbons (Fsp3) is 0.500. The Morgan fingerprint density at radius 2 is 1.72 bits per heavy atom. The summed E-state index contributed by atoms with van der Waals surface area (Å²) in [6.45, 7) is 1.94. The molecule has 2 aliphatic heterocycles. The van der Waals surface area contributed by atoms with Crippen LogP contribution in [0.15, 0.2) is 29.2 Å². The molecule has 2 heterocycles. The van der Waals surface area contributed by atoms with E-state index in [4.69, 9.17) is 9.84 Å². The number of carbonyl (C=O) groups excluding carboxylic acids is 1. The van der Waals surface area contributed by atoms with Gasteiger partial charge in [0.25, 0.3) is 5.91 Å². The summed E-state index contributed by atoms with van der Waals surface area (Å²) in [7, 11) is -3.59. The second-order valence-electron chi connectivity index (χ2n) is 6.12. The molecule has 8 nitrogen and oxygen atoms in total. The van der Waals surface area contributed by atoms with Gasteiger partial charge in [-0.05, 0) is 30.7 Å². The summed E-state index contributed by atoms with van der Waals surface area (Å²) >= 11 is 0. The third-order valence-corrected chi connectivity index (χ3v) is 6.45. The zero-order valence-corrected chi connectivity index (χ0v) is 14.4. The van der Waals surface area contributed by atoms with E-state index in [1.54, 1.807) is 0 Å². The highest BCUT2D eigenvalue weighted by Crippen LogP contribution is 2.21. The monoisotopic (exact) mass is 368 g/mol. The van der Waals surface area contributed by atoms with Crippen molar-refractivity contribution in [2.75, 3.05) is 39.4 Å². The van der Waals surface area contributed by atoms with Crippen molar-refractivity contribution >= 4 is 21.9 Å². The molecule has 0 aliphatic carbocycles. The summed E-state index contributed by atoms with van der Waals surface area (Å²) in [5, 5.41) is 9.01. The Balaban J connectivity index is 1.72. The molecular formula is C16H20N2O6S. The van der Waals surface area contributed by atoms with E-state index in [2.05, 4.69) is 0 Å². The number of benzene rings is 1. The fourth-order valence-corrected chi connectivity index (χ4v) is 4.44. The van der Waals surface area contributed by atoms with Gasteiger partial charge in [0.05, 0.1) is 24.0 Å². The summed E-state index contributed by atoms with van der Waals surface area (Å²) in [6, 6.07) is 5.79. The van der Waals surface area contributed by atoms with Gasteiger partial charge in [-0.15, -0.1) is 0 Å². The number of amides is 1. The molecule has 2 aliphatic rings. The molecule has 136 valence electrons. The smallest absolute Gasteiger partial charge is 0.308 e. The first kappa shape index (κ1) is 17.8. The summed E-state index contributed by atoms with van der Waals surface area (Å²) in [4.78, 5) is 25.1. The van der Waals surface area contributed by atoms with Crippen LogP contribution in [0.4, 0.5) is 0 Å². The molecular weight excluding hydrogens is 348 g/mol. The Hall–Kier alpha value is -1.97. The number of carboxylic acids is 1. The molecule has 2 saturated heterocycles. The fourth-order valence-electron chi connectivity index (χ4n) is 3.03. The maximum absolute atomic E-state index is 12.6. The zero-order valence-electron chi connectivity index (χ0n) is 13.6. The van der Waals surface area contributed by atoms with E-state index in [0.717, 1.165) is 0 Å². The molecule has 0 aromatic heterocycles. The predicted octanol–water partition coefficient (Wildman–Crippen LogP) is 0.254. The van der Waals surface area contributed by atoms with Crippen molar-refractivity contribution in [1.82, 2.24) is 9.21 Å². The summed E-state index contributed by atoms with van der Waals surface area (Å²) in [6.07, 6.45) is 0.435. The molecule has 1 N–H and O–H groups in total. The van der Waals surface area contributed by atoms with Gasteiger partial charge >= 0.3 is 5.97 Å². The number of carbonyl (C=O) groups is 2. The average Bonchev–Trinajstić information content (AvgIpc) is 3.12. The molecule has 0 radical (unpaired) electrons. The minimum atomic E-state index is -3.59. The van der Waals surface area contributed by atoms with Crippen LogP contribution in [0.25, 0.3) is 0 Å². The van der Waals surface area contributed by atoms with Gasteiger partial charge < -0.3 is 14.7 Å². The molecule has 1 amide bonds. The third-order valence-electron chi connectivity index (χ3n) is 4.53. The first-order valence-electron chi connectivity index (χ1n) is 8.09. The topological polar surface area (TPSA) is 104 Å². The summed E-state index contributed by atoms with van der Waals surface area (Å²) in [5.74, 6) is -1.72. The number of sulfonamides is 1. The molecule has 0 spiro atoms. The van der Waals surface area contributed by atoms with Crippen LogP contribution in [-0.2, 0) is 19.6 Å². The van der Waals surface area contributed by atoms with Crippen LogP contribution in [0, 0.1) is 5.92 Å². The SMILES string of the molecule is O=C(O)C1CCN(C(=O)c2ccc(S(=O)(=O)N3CCOCC3)cc2)C1. The maximum Gasteiger partial charge on any atom is 0.308 e. The number of nitrogens with zero attached hydrogens (tertiary/aromatic N) is 2. The van der Waals surface area contributed by atoms with E-state index >= 15 is 0 Å². The lowest BCUT2D eigenvalue weighted by Gasteiger charge is -2.26. The molecule has 1 unspecified atom stereocenters. The normalized spacial score (nSPS) is 22.1. The highest BCUT2D eigenvalue weighted by Gasteiger charge is 2.32. The van der Waals surface area contributed by atoms with Gasteiger partial charge in [-0.3, -0.25) is 9.59 Å². The molecule has 9 heteroatoms. The predicted molar refractivity (Wildman–Crippen MR) is 87.7 cm³/mol. The second-order valence-corrected chi connectivity index (χ2v) is 8.05. The summed E-state index contributed by atoms with van der Waals surface area (Å²) in [5.41, 5.74) is 0.354. The van der Waals surface area contributed by atoms with Crippen molar-refractivity contribution < 1.29 is 27.9 Å². The quantitative estimate of drug-likeness (QED) is 0.817. The number of ether oxygens (including phenoxy) is 1. The van der Waals surface area contributed by atoms with Crippen LogP contribution >= 0.6 is 0 Å². The van der Waals surface area contributed by atoms with Gasteiger partial charge in [0, 0.05) is 31.7 Å². The van der Waals surface area contributed by atoms with Crippen LogP contribution < -0.4 is 0 Å². The number of hydrogen-bond acceptors (Lipinski definition) is 5. The number of rotatable bonds is 4. The van der Waals surface area contributed by atoms with Crippen LogP contribution in [0.1, 0.15) is 16.8 Å². The average molecular weight is 368 g/mol. The standard InChI is InChI=1S/C16H20N2O6S/c19-15(17-6-5-13(11-17)16(20)21)12-1-3-14(4-2-12)25(22,23)18-7-9-24-10-8-18/h1-4,13H,5-11H2,(H,20,21). The van der Waals surface area contributed by atoms with Crippen molar-refractivity contribution in [3.8, 4) is 0 Å². The first-order chi connectivity index (χ1) is 11.9. The lowest BCUT2D eigenvalue weighted by molar-refractivity contribution is -0.141. The van der Waals surface area contributed by atoms with E-state index in [1.165, 1.54) is 33.5 Å². The van der Waals surface area contributed by atoms with Gasteiger partial charge in [-0.2, -0.15) is 4.31 Å². The Labute approximate surface area is 146 Å². The largest absolute Gasteiger partial charge is 0.481 e. The number of likely N-dealkylation sites (tertiary alicyclic amines) is 1. The Morgan fingerprint density at radius 3 is 2.28 bits per heavy atom. The van der Waals surface area contributed by atoms with Gasteiger partial charge in [-0.1, -0.05) is 0 Å². The molecule has 1 aromatic rings. The van der Waals surface area contributed by atoms with Gasteiger partial charge in [0.1, 0.15) is 0 Å². The molecule has 2 fully saturated rings. The number of aliphatic carboxylic acids is 1. The van der Waals surface area contributed by atoms with Crippen LogP contribution in [0.2, 0.25) is 0 Å². The van der Waals surface area contributed by atoms with E-state index in [9.17, 15) is 18.0 Å². The van der Waals surface area contributed by atoms with Crippen LogP contribution in [-0.4, -0.2) is 74.0 Å². The Bertz CT molecular complexity index is 755. The molecule has 3 rings (SSSR count). The van der Waals surface area contributed by atoms with E-state index in [1.807, 2.05) is 0 Å². The van der Waals surface area contributed by atoms with Gasteiger partial charge in [0.15, 0.2) is 0 Å². The van der Waals surface area contributed by atoms with Gasteiger partial charge in [0.2, 0.25) is 10.0 Å². The van der Waals surface area contributed by atoms with Crippen LogP contribution in [0.5, 0.6) is 0 Å². The Kier molecular flexibility index (Phi) is 5.07. The van der Waals surface area contributed by atoms with Crippen molar-refractivity contribution in [2.45, 2.75) is 11.3 Å².